The first-order valence-electron chi connectivity index (χ1n) is 9.19. The zero-order chi connectivity index (χ0) is 19.2. The standard InChI is InChI=1S/C21H25ClN2O3/c1-3-23-21(25)13-27-19-10-7-14(11-20(19)26-2)12-24-18-9-8-15-16(18)5-4-6-17(15)22/h4-7,10-11,18,24H,3,8-9,12-13H2,1-2H3,(H,23,25). The predicted molar refractivity (Wildman–Crippen MR) is 107 cm³/mol. The summed E-state index contributed by atoms with van der Waals surface area (Å²) in [5.74, 6) is 1.03. The molecule has 0 radical (unpaired) electrons. The van der Waals surface area contributed by atoms with Crippen molar-refractivity contribution in [2.75, 3.05) is 20.3 Å². The van der Waals surface area contributed by atoms with E-state index in [0.29, 0.717) is 30.6 Å². The molecule has 0 bridgehead atoms. The van der Waals surface area contributed by atoms with Crippen LogP contribution >= 0.6 is 11.6 Å². The van der Waals surface area contributed by atoms with Crippen molar-refractivity contribution in [3.63, 3.8) is 0 Å². The fourth-order valence-electron chi connectivity index (χ4n) is 3.40. The molecule has 0 saturated heterocycles. The fourth-order valence-corrected chi connectivity index (χ4v) is 3.67. The van der Waals surface area contributed by atoms with Gasteiger partial charge in [0.25, 0.3) is 5.91 Å². The number of hydrogen-bond donors (Lipinski definition) is 2. The lowest BCUT2D eigenvalue weighted by molar-refractivity contribution is -0.123. The van der Waals surface area contributed by atoms with Gasteiger partial charge in [0.2, 0.25) is 0 Å². The third kappa shape index (κ3) is 4.73. The van der Waals surface area contributed by atoms with Crippen LogP contribution in [-0.2, 0) is 17.8 Å². The number of amides is 1. The van der Waals surface area contributed by atoms with Crippen molar-refractivity contribution >= 4 is 17.5 Å². The van der Waals surface area contributed by atoms with Crippen LogP contribution in [0.3, 0.4) is 0 Å². The van der Waals surface area contributed by atoms with Gasteiger partial charge in [-0.1, -0.05) is 29.8 Å². The Morgan fingerprint density at radius 3 is 2.89 bits per heavy atom. The van der Waals surface area contributed by atoms with E-state index in [1.165, 1.54) is 11.1 Å². The van der Waals surface area contributed by atoms with Crippen LogP contribution in [0.1, 0.15) is 36.1 Å². The van der Waals surface area contributed by atoms with Crippen molar-refractivity contribution in [3.8, 4) is 11.5 Å². The summed E-state index contributed by atoms with van der Waals surface area (Å²) in [6.45, 7) is 3.14. The smallest absolute Gasteiger partial charge is 0.257 e. The third-order valence-corrected chi connectivity index (χ3v) is 5.08. The minimum absolute atomic E-state index is 0.0264. The molecule has 27 heavy (non-hydrogen) atoms. The number of benzene rings is 2. The number of methoxy groups -OCH3 is 1. The second kappa shape index (κ2) is 9.11. The molecular formula is C21H25ClN2O3. The molecule has 144 valence electrons. The van der Waals surface area contributed by atoms with Crippen LogP contribution < -0.4 is 20.1 Å². The average molecular weight is 389 g/mol. The molecule has 1 amide bonds. The highest BCUT2D eigenvalue weighted by Crippen LogP contribution is 2.36. The number of fused-ring (bicyclic) bond motifs is 1. The third-order valence-electron chi connectivity index (χ3n) is 4.73. The lowest BCUT2D eigenvalue weighted by Crippen LogP contribution is -2.28. The first-order valence-corrected chi connectivity index (χ1v) is 9.57. The van der Waals surface area contributed by atoms with Gasteiger partial charge in [-0.2, -0.15) is 0 Å². The van der Waals surface area contributed by atoms with E-state index in [-0.39, 0.29) is 12.5 Å². The van der Waals surface area contributed by atoms with Crippen molar-refractivity contribution < 1.29 is 14.3 Å². The molecule has 0 aliphatic heterocycles. The summed E-state index contributed by atoms with van der Waals surface area (Å²) >= 11 is 6.29. The summed E-state index contributed by atoms with van der Waals surface area (Å²) in [6.07, 6.45) is 2.05. The number of hydrogen-bond acceptors (Lipinski definition) is 4. The minimum Gasteiger partial charge on any atom is -0.493 e. The van der Waals surface area contributed by atoms with Crippen molar-refractivity contribution in [2.24, 2.45) is 0 Å². The summed E-state index contributed by atoms with van der Waals surface area (Å²) < 4.78 is 11.0. The van der Waals surface area contributed by atoms with Gasteiger partial charge in [0.1, 0.15) is 0 Å². The van der Waals surface area contributed by atoms with Crippen LogP contribution in [0.25, 0.3) is 0 Å². The molecule has 2 aromatic rings. The molecule has 1 aliphatic rings. The normalized spacial score (nSPS) is 15.3. The van der Waals surface area contributed by atoms with E-state index in [9.17, 15) is 4.79 Å². The Hall–Kier alpha value is -2.24. The monoisotopic (exact) mass is 388 g/mol. The van der Waals surface area contributed by atoms with Crippen LogP contribution in [0.2, 0.25) is 5.02 Å². The topological polar surface area (TPSA) is 59.6 Å². The van der Waals surface area contributed by atoms with E-state index in [0.717, 1.165) is 23.4 Å². The number of carbonyl (C=O) groups excluding carboxylic acids is 1. The molecule has 1 atom stereocenters. The average Bonchev–Trinajstić information content (AvgIpc) is 3.09. The number of carbonyl (C=O) groups is 1. The zero-order valence-electron chi connectivity index (χ0n) is 15.7. The molecule has 1 unspecified atom stereocenters. The minimum atomic E-state index is -0.149. The van der Waals surface area contributed by atoms with Gasteiger partial charge in [-0.15, -0.1) is 0 Å². The second-order valence-electron chi connectivity index (χ2n) is 6.51. The molecule has 0 spiro atoms. The van der Waals surface area contributed by atoms with Gasteiger partial charge in [-0.25, -0.2) is 0 Å². The molecule has 1 aliphatic carbocycles. The van der Waals surface area contributed by atoms with Crippen molar-refractivity contribution in [2.45, 2.75) is 32.4 Å². The maximum absolute atomic E-state index is 11.6. The maximum Gasteiger partial charge on any atom is 0.257 e. The number of ether oxygens (including phenoxy) is 2. The molecular weight excluding hydrogens is 364 g/mol. The Balaban J connectivity index is 1.62. The summed E-state index contributed by atoms with van der Waals surface area (Å²) in [5, 5.41) is 7.16. The molecule has 2 aromatic carbocycles. The zero-order valence-corrected chi connectivity index (χ0v) is 16.4. The molecule has 0 saturated carbocycles. The summed E-state index contributed by atoms with van der Waals surface area (Å²) in [4.78, 5) is 11.6. The van der Waals surface area contributed by atoms with E-state index >= 15 is 0 Å². The van der Waals surface area contributed by atoms with E-state index < -0.39 is 0 Å². The van der Waals surface area contributed by atoms with Gasteiger partial charge in [-0.05, 0) is 54.7 Å². The number of likely N-dealkylation sites (N-methyl/N-ethyl adjacent to an activating group) is 1. The van der Waals surface area contributed by atoms with Crippen LogP contribution in [0.5, 0.6) is 11.5 Å². The maximum atomic E-state index is 11.6. The lowest BCUT2D eigenvalue weighted by atomic mass is 10.1. The Kier molecular flexibility index (Phi) is 6.58. The van der Waals surface area contributed by atoms with Gasteiger partial charge in [-0.3, -0.25) is 4.79 Å². The molecule has 2 N–H and O–H groups in total. The number of nitrogens with one attached hydrogen (secondary N) is 2. The quantitative estimate of drug-likeness (QED) is 0.724. The Labute approximate surface area is 165 Å². The summed E-state index contributed by atoms with van der Waals surface area (Å²) in [7, 11) is 1.60. The largest absolute Gasteiger partial charge is 0.493 e. The van der Waals surface area contributed by atoms with Gasteiger partial charge in [0.15, 0.2) is 18.1 Å². The van der Waals surface area contributed by atoms with Gasteiger partial charge in [0.05, 0.1) is 7.11 Å². The van der Waals surface area contributed by atoms with Gasteiger partial charge >= 0.3 is 0 Å². The van der Waals surface area contributed by atoms with E-state index in [1.54, 1.807) is 7.11 Å². The van der Waals surface area contributed by atoms with Crippen molar-refractivity contribution in [1.29, 1.82) is 0 Å². The Bertz CT molecular complexity index is 810. The molecule has 0 heterocycles. The highest BCUT2D eigenvalue weighted by atomic mass is 35.5. The van der Waals surface area contributed by atoms with Gasteiger partial charge in [0, 0.05) is 24.2 Å². The highest BCUT2D eigenvalue weighted by Gasteiger charge is 2.23. The number of rotatable bonds is 8. The molecule has 0 aromatic heterocycles. The Morgan fingerprint density at radius 2 is 2.11 bits per heavy atom. The fraction of sp³-hybridized carbons (Fsp3) is 0.381. The van der Waals surface area contributed by atoms with Crippen LogP contribution in [-0.4, -0.2) is 26.2 Å². The van der Waals surface area contributed by atoms with Crippen molar-refractivity contribution in [1.82, 2.24) is 10.6 Å². The second-order valence-corrected chi connectivity index (χ2v) is 6.91. The Morgan fingerprint density at radius 1 is 1.26 bits per heavy atom. The van der Waals surface area contributed by atoms with Gasteiger partial charge < -0.3 is 20.1 Å². The van der Waals surface area contributed by atoms with E-state index in [2.05, 4.69) is 16.7 Å². The predicted octanol–water partition coefficient (Wildman–Crippen LogP) is 3.64. The SMILES string of the molecule is CCNC(=O)COc1ccc(CNC2CCc3c(Cl)cccc32)cc1OC. The molecule has 6 heteroatoms. The lowest BCUT2D eigenvalue weighted by Gasteiger charge is -2.16. The molecule has 3 rings (SSSR count). The molecule has 0 fully saturated rings. The van der Waals surface area contributed by atoms with Crippen LogP contribution in [0, 0.1) is 0 Å². The van der Waals surface area contributed by atoms with Crippen LogP contribution in [0.15, 0.2) is 36.4 Å². The first kappa shape index (κ1) is 19.5. The summed E-state index contributed by atoms with van der Waals surface area (Å²) in [6, 6.07) is 12.2. The van der Waals surface area contributed by atoms with Crippen LogP contribution in [0.4, 0.5) is 0 Å². The first-order chi connectivity index (χ1) is 13.1. The number of halogens is 1. The molecule has 5 nitrogen and oxygen atoms in total. The van der Waals surface area contributed by atoms with E-state index in [1.807, 2.05) is 37.3 Å². The van der Waals surface area contributed by atoms with E-state index in [4.69, 9.17) is 21.1 Å². The highest BCUT2D eigenvalue weighted by molar-refractivity contribution is 6.31. The van der Waals surface area contributed by atoms with Crippen molar-refractivity contribution in [3.05, 3.63) is 58.1 Å². The summed E-state index contributed by atoms with van der Waals surface area (Å²) in [5.41, 5.74) is 3.63.